The van der Waals surface area contributed by atoms with Gasteiger partial charge < -0.3 is 9.47 Å². The monoisotopic (exact) mass is 780 g/mol. The Hall–Kier alpha value is -7.33. The molecule has 3 heteroatoms. The van der Waals surface area contributed by atoms with Crippen LogP contribution in [0.15, 0.2) is 228 Å². The number of benzene rings is 10. The third-order valence-corrected chi connectivity index (χ3v) is 14.1. The molecule has 13 rings (SSSR count). The highest BCUT2D eigenvalue weighted by molar-refractivity contribution is 7.99. The molecule has 0 atom stereocenters. The second-order valence-electron chi connectivity index (χ2n) is 16.0. The number of aromatic nitrogens is 1. The summed E-state index contributed by atoms with van der Waals surface area (Å²) in [7, 11) is 0. The van der Waals surface area contributed by atoms with Gasteiger partial charge in [0.2, 0.25) is 0 Å². The molecule has 0 amide bonds. The molecule has 60 heavy (non-hydrogen) atoms. The maximum atomic E-state index is 2.50. The van der Waals surface area contributed by atoms with E-state index in [0.29, 0.717) is 0 Å². The Labute approximate surface area is 352 Å². The van der Waals surface area contributed by atoms with Crippen LogP contribution in [0.25, 0.3) is 60.2 Å². The van der Waals surface area contributed by atoms with Gasteiger partial charge in [-0.05, 0) is 122 Å². The molecule has 1 aromatic heterocycles. The highest BCUT2D eigenvalue weighted by atomic mass is 32.2. The Morgan fingerprint density at radius 2 is 1.00 bits per heavy atom. The van der Waals surface area contributed by atoms with E-state index in [-0.39, 0.29) is 0 Å². The molecule has 2 aliphatic rings. The normalized spacial score (nSPS) is 13.4. The molecule has 0 fully saturated rings. The first-order chi connectivity index (χ1) is 29.8. The van der Waals surface area contributed by atoms with E-state index in [2.05, 4.69) is 228 Å². The van der Waals surface area contributed by atoms with E-state index < -0.39 is 5.41 Å². The van der Waals surface area contributed by atoms with Gasteiger partial charge in [-0.1, -0.05) is 163 Å². The van der Waals surface area contributed by atoms with Crippen molar-refractivity contribution in [1.29, 1.82) is 0 Å². The summed E-state index contributed by atoms with van der Waals surface area (Å²) in [6, 6.07) is 81.3. The molecule has 11 aromatic rings. The second kappa shape index (κ2) is 12.8. The molecular weight excluding hydrogens is 745 g/mol. The zero-order valence-electron chi connectivity index (χ0n) is 32.6. The van der Waals surface area contributed by atoms with Gasteiger partial charge in [-0.3, -0.25) is 0 Å². The van der Waals surface area contributed by atoms with E-state index in [0.717, 1.165) is 22.7 Å². The van der Waals surface area contributed by atoms with Gasteiger partial charge in [0.25, 0.3) is 0 Å². The van der Waals surface area contributed by atoms with E-state index in [4.69, 9.17) is 0 Å². The van der Waals surface area contributed by atoms with E-state index >= 15 is 0 Å². The van der Waals surface area contributed by atoms with Crippen molar-refractivity contribution in [3.8, 4) is 16.8 Å². The zero-order valence-corrected chi connectivity index (χ0v) is 33.4. The molecule has 2 nitrogen and oxygen atoms in total. The molecule has 0 unspecified atom stereocenters. The van der Waals surface area contributed by atoms with Crippen molar-refractivity contribution in [2.45, 2.75) is 15.2 Å². The predicted molar refractivity (Wildman–Crippen MR) is 252 cm³/mol. The van der Waals surface area contributed by atoms with Crippen LogP contribution in [-0.2, 0) is 5.41 Å². The largest absolute Gasteiger partial charge is 0.310 e. The van der Waals surface area contributed by atoms with E-state index in [1.54, 1.807) is 0 Å². The van der Waals surface area contributed by atoms with Crippen molar-refractivity contribution in [2.75, 3.05) is 4.90 Å². The fraction of sp³-hybridized carbons (Fsp3) is 0.0175. The van der Waals surface area contributed by atoms with Gasteiger partial charge >= 0.3 is 0 Å². The lowest BCUT2D eigenvalue weighted by molar-refractivity contribution is 0.707. The van der Waals surface area contributed by atoms with Crippen LogP contribution in [0, 0.1) is 0 Å². The minimum Gasteiger partial charge on any atom is -0.310 e. The smallest absolute Gasteiger partial charge is 0.0736 e. The van der Waals surface area contributed by atoms with Crippen molar-refractivity contribution in [1.82, 2.24) is 4.57 Å². The molecule has 1 aliphatic carbocycles. The van der Waals surface area contributed by atoms with Crippen LogP contribution in [-0.4, -0.2) is 4.57 Å². The maximum absolute atomic E-state index is 2.50. The summed E-state index contributed by atoms with van der Waals surface area (Å²) in [4.78, 5) is 5.05. The average molecular weight is 781 g/mol. The SMILES string of the molecule is c1ccc(N(c2ccc3c(c2)C2(c4ccccc4Sc4ccccc42)c2cccc4cccc-3c24)c2ccc3c4ccccc4n(-c4ccc5ccccc5c4)c3c2)cc1. The summed E-state index contributed by atoms with van der Waals surface area (Å²) in [5.74, 6) is 0. The number of fused-ring (bicyclic) bond motifs is 12. The molecule has 0 N–H and O–H groups in total. The zero-order chi connectivity index (χ0) is 39.4. The van der Waals surface area contributed by atoms with Crippen LogP contribution in [0.4, 0.5) is 17.1 Å². The third-order valence-electron chi connectivity index (χ3n) is 13.0. The quantitative estimate of drug-likeness (QED) is 0.176. The van der Waals surface area contributed by atoms with E-state index in [1.807, 2.05) is 11.8 Å². The highest BCUT2D eigenvalue weighted by Gasteiger charge is 2.48. The summed E-state index contributed by atoms with van der Waals surface area (Å²) < 4.78 is 2.44. The van der Waals surface area contributed by atoms with Crippen molar-refractivity contribution < 1.29 is 0 Å². The van der Waals surface area contributed by atoms with Gasteiger partial charge in [-0.25, -0.2) is 0 Å². The van der Waals surface area contributed by atoms with Crippen LogP contribution in [0.3, 0.4) is 0 Å². The van der Waals surface area contributed by atoms with Crippen LogP contribution in [0.2, 0.25) is 0 Å². The minimum absolute atomic E-state index is 0.535. The Kier molecular flexibility index (Phi) is 7.19. The van der Waals surface area contributed by atoms with Gasteiger partial charge in [0.1, 0.15) is 0 Å². The molecule has 1 aliphatic heterocycles. The lowest BCUT2D eigenvalue weighted by Crippen LogP contribution is -2.36. The molecule has 0 bridgehead atoms. The first-order valence-electron chi connectivity index (χ1n) is 20.7. The maximum Gasteiger partial charge on any atom is 0.0736 e. The number of anilines is 3. The minimum atomic E-state index is -0.535. The van der Waals surface area contributed by atoms with Crippen molar-refractivity contribution in [2.24, 2.45) is 0 Å². The summed E-state index contributed by atoms with van der Waals surface area (Å²) in [6.07, 6.45) is 0. The van der Waals surface area contributed by atoms with E-state index in [9.17, 15) is 0 Å². The molecule has 2 heterocycles. The van der Waals surface area contributed by atoms with Crippen LogP contribution >= 0.6 is 11.8 Å². The topological polar surface area (TPSA) is 8.17 Å². The molecule has 0 radical (unpaired) electrons. The van der Waals surface area contributed by atoms with Gasteiger partial charge in [0.05, 0.1) is 16.4 Å². The molecule has 10 aromatic carbocycles. The average Bonchev–Trinajstić information content (AvgIpc) is 3.64. The summed E-state index contributed by atoms with van der Waals surface area (Å²) in [5.41, 5.74) is 14.2. The standard InChI is InChI=1S/C57H36N2S/c1-2-18-40(19-3-1)58(43-31-33-46-45-20-6-9-25-52(45)59(53(46)36-43)41-29-28-37-14-4-5-15-39(37)34-41)42-30-32-44-47-21-12-16-38-17-13-24-50(56(38)47)57(51(44)35-42)48-22-7-10-26-54(48)60-55-27-11-8-23-49(55)57/h1-36H. The highest BCUT2D eigenvalue weighted by Crippen LogP contribution is 2.62. The molecule has 0 saturated carbocycles. The van der Waals surface area contributed by atoms with Crippen molar-refractivity contribution in [3.63, 3.8) is 0 Å². The Balaban J connectivity index is 1.10. The first-order valence-corrected chi connectivity index (χ1v) is 21.5. The van der Waals surface area contributed by atoms with Gasteiger partial charge in [-0.15, -0.1) is 0 Å². The Morgan fingerprint density at radius 1 is 0.367 bits per heavy atom. The predicted octanol–water partition coefficient (Wildman–Crippen LogP) is 15.4. The van der Waals surface area contributed by atoms with Gasteiger partial charge in [-0.2, -0.15) is 0 Å². The summed E-state index contributed by atoms with van der Waals surface area (Å²) in [5, 5.41) is 7.56. The summed E-state index contributed by atoms with van der Waals surface area (Å²) >= 11 is 1.89. The number of hydrogen-bond acceptors (Lipinski definition) is 2. The molecular formula is C57H36N2S. The second-order valence-corrected chi connectivity index (χ2v) is 17.1. The fourth-order valence-corrected chi connectivity index (χ4v) is 11.7. The number of para-hydroxylation sites is 2. The summed E-state index contributed by atoms with van der Waals surface area (Å²) in [6.45, 7) is 0. The number of hydrogen-bond donors (Lipinski definition) is 0. The van der Waals surface area contributed by atoms with Crippen LogP contribution in [0.1, 0.15) is 22.3 Å². The number of rotatable bonds is 4. The van der Waals surface area contributed by atoms with Gasteiger partial charge in [0, 0.05) is 43.3 Å². The third kappa shape index (κ3) is 4.67. The fourth-order valence-electron chi connectivity index (χ4n) is 10.5. The lowest BCUT2D eigenvalue weighted by Gasteiger charge is -2.46. The Bertz CT molecular complexity index is 3490. The van der Waals surface area contributed by atoms with E-state index in [1.165, 1.54) is 86.5 Å². The lowest BCUT2D eigenvalue weighted by atomic mass is 9.59. The molecule has 280 valence electrons. The Morgan fingerprint density at radius 3 is 1.83 bits per heavy atom. The number of nitrogens with zero attached hydrogens (tertiary/aromatic N) is 2. The van der Waals surface area contributed by atoms with Crippen LogP contribution in [0.5, 0.6) is 0 Å². The molecule has 1 spiro atoms. The van der Waals surface area contributed by atoms with Crippen molar-refractivity contribution >= 4 is 72.2 Å². The van der Waals surface area contributed by atoms with Gasteiger partial charge in [0.15, 0.2) is 0 Å². The van der Waals surface area contributed by atoms with Crippen molar-refractivity contribution in [3.05, 3.63) is 241 Å². The van der Waals surface area contributed by atoms with Crippen LogP contribution < -0.4 is 4.90 Å². The first kappa shape index (κ1) is 33.6. The molecule has 0 saturated heterocycles.